The molecule has 76 valence electrons. The molecule has 0 aromatic rings. The van der Waals surface area contributed by atoms with Gasteiger partial charge in [-0.3, -0.25) is 0 Å². The number of rotatable bonds is 3. The van der Waals surface area contributed by atoms with Crippen LogP contribution in [0.2, 0.25) is 0 Å². The summed E-state index contributed by atoms with van der Waals surface area (Å²) < 4.78 is 15.6. The van der Waals surface area contributed by atoms with E-state index in [1.54, 1.807) is 6.66 Å². The van der Waals surface area contributed by atoms with Gasteiger partial charge in [0.1, 0.15) is 25.0 Å². The monoisotopic (exact) mass is 209 g/mol. The van der Waals surface area contributed by atoms with E-state index in [4.69, 9.17) is 14.9 Å². The van der Waals surface area contributed by atoms with E-state index in [0.29, 0.717) is 12.6 Å². The van der Waals surface area contributed by atoms with Crippen molar-refractivity contribution in [2.24, 2.45) is 0 Å². The van der Waals surface area contributed by atoms with E-state index in [-0.39, 0.29) is 0 Å². The van der Waals surface area contributed by atoms with Crippen LogP contribution >= 0.6 is 7.80 Å². The molecule has 1 fully saturated rings. The Labute approximate surface area is 77.1 Å². The highest BCUT2D eigenvalue weighted by molar-refractivity contribution is 7.43. The molecule has 1 unspecified atom stereocenters. The first-order valence-electron chi connectivity index (χ1n) is 4.10. The van der Waals surface area contributed by atoms with E-state index in [9.17, 15) is 9.67 Å². The van der Waals surface area contributed by atoms with Crippen molar-refractivity contribution >= 4 is 7.80 Å². The van der Waals surface area contributed by atoms with Gasteiger partial charge in [0, 0.05) is 6.42 Å². The fraction of sp³-hybridized carbons (Fsp3) is 1.00. The molecule has 1 rings (SSSR count). The first-order valence-corrected chi connectivity index (χ1v) is 5.99. The maximum Gasteiger partial charge on any atom is 0.335 e. The van der Waals surface area contributed by atoms with Crippen molar-refractivity contribution in [3.8, 4) is 0 Å². The lowest BCUT2D eigenvalue weighted by Gasteiger charge is -2.10. The maximum atomic E-state index is 10.8. The highest BCUT2D eigenvalue weighted by Crippen LogP contribution is 2.25. The number of aliphatic hydroxyl groups is 3. The highest BCUT2D eigenvalue weighted by atomic mass is 31.1. The molecular weight excluding hydrogens is 195 g/mol. The molecule has 1 saturated heterocycles. The van der Waals surface area contributed by atoms with Crippen LogP contribution in [0.15, 0.2) is 0 Å². The molecule has 1 heterocycles. The molecule has 0 bridgehead atoms. The molecule has 5 atom stereocenters. The summed E-state index contributed by atoms with van der Waals surface area (Å²) in [6, 6.07) is 0. The van der Waals surface area contributed by atoms with Gasteiger partial charge < -0.3 is 20.1 Å². The van der Waals surface area contributed by atoms with Crippen molar-refractivity contribution in [3.05, 3.63) is 0 Å². The number of hydrogen-bond donors (Lipinski definition) is 3. The van der Waals surface area contributed by atoms with Crippen molar-refractivity contribution < 1.29 is 24.6 Å². The molecule has 1 aliphatic heterocycles. The Morgan fingerprint density at radius 2 is 1.92 bits per heavy atom. The Morgan fingerprint density at radius 3 is 2.31 bits per heavy atom. The molecular formula is C7H14O5P+. The summed E-state index contributed by atoms with van der Waals surface area (Å²) >= 11 is 0. The summed E-state index contributed by atoms with van der Waals surface area (Å²) in [6.07, 6.45) is -3.44. The van der Waals surface area contributed by atoms with Crippen LogP contribution in [0.5, 0.6) is 0 Å². The molecule has 0 aromatic heterocycles. The lowest BCUT2D eigenvalue weighted by atomic mass is 10.1. The van der Waals surface area contributed by atoms with Crippen LogP contribution in [0.4, 0.5) is 0 Å². The minimum Gasteiger partial charge on any atom is -0.387 e. The average molecular weight is 209 g/mol. The van der Waals surface area contributed by atoms with E-state index in [1.807, 2.05) is 0 Å². The fourth-order valence-corrected chi connectivity index (χ4v) is 1.89. The van der Waals surface area contributed by atoms with Gasteiger partial charge in [-0.2, -0.15) is 0 Å². The third kappa shape index (κ3) is 2.69. The van der Waals surface area contributed by atoms with E-state index in [2.05, 4.69) is 0 Å². The van der Waals surface area contributed by atoms with Crippen molar-refractivity contribution in [1.29, 1.82) is 0 Å². The number of ether oxygens (including phenoxy) is 1. The molecule has 3 N–H and O–H groups in total. The normalized spacial score (nSPS) is 40.8. The third-order valence-electron chi connectivity index (χ3n) is 2.07. The Hall–Kier alpha value is -0.0600. The second kappa shape index (κ2) is 4.44. The second-order valence-electron chi connectivity index (χ2n) is 3.19. The standard InChI is InChI=1S/C7H14O5P/c1-13(11)3-2-4-5(8)6(9)7(10)12-4/h4-10H,2-3H2,1H3/q+1/t4-,5-,6-,7-/m1/s1. The summed E-state index contributed by atoms with van der Waals surface area (Å²) in [5.41, 5.74) is 0. The lowest BCUT2D eigenvalue weighted by Crippen LogP contribution is -2.32. The van der Waals surface area contributed by atoms with E-state index in [1.165, 1.54) is 0 Å². The minimum absolute atomic E-state index is 0.390. The van der Waals surface area contributed by atoms with Crippen LogP contribution in [0.25, 0.3) is 0 Å². The molecule has 13 heavy (non-hydrogen) atoms. The molecule has 5 nitrogen and oxygen atoms in total. The maximum absolute atomic E-state index is 10.8. The second-order valence-corrected chi connectivity index (χ2v) is 4.89. The van der Waals surface area contributed by atoms with E-state index in [0.717, 1.165) is 0 Å². The van der Waals surface area contributed by atoms with Gasteiger partial charge in [-0.1, -0.05) is 4.57 Å². The minimum atomic E-state index is -1.32. The van der Waals surface area contributed by atoms with Gasteiger partial charge >= 0.3 is 7.80 Å². The average Bonchev–Trinajstić information content (AvgIpc) is 2.29. The molecule has 0 amide bonds. The highest BCUT2D eigenvalue weighted by Gasteiger charge is 2.42. The van der Waals surface area contributed by atoms with Gasteiger partial charge in [0.05, 0.1) is 6.10 Å². The van der Waals surface area contributed by atoms with Gasteiger partial charge in [-0.25, -0.2) is 0 Å². The zero-order valence-corrected chi connectivity index (χ0v) is 8.22. The zero-order valence-electron chi connectivity index (χ0n) is 7.33. The third-order valence-corrected chi connectivity index (χ3v) is 2.95. The molecule has 0 aromatic carbocycles. The predicted octanol–water partition coefficient (Wildman–Crippen LogP) is -0.727. The van der Waals surface area contributed by atoms with Gasteiger partial charge in [0.2, 0.25) is 0 Å². The van der Waals surface area contributed by atoms with Crippen molar-refractivity contribution in [1.82, 2.24) is 0 Å². The van der Waals surface area contributed by atoms with Gasteiger partial charge in [0.15, 0.2) is 6.29 Å². The van der Waals surface area contributed by atoms with Crippen molar-refractivity contribution in [2.75, 3.05) is 12.8 Å². The molecule has 6 heteroatoms. The summed E-state index contributed by atoms with van der Waals surface area (Å²) in [5, 5.41) is 27.4. The Morgan fingerprint density at radius 1 is 1.31 bits per heavy atom. The summed E-state index contributed by atoms with van der Waals surface area (Å²) in [4.78, 5) is 0. The van der Waals surface area contributed by atoms with Crippen molar-refractivity contribution in [3.63, 3.8) is 0 Å². The van der Waals surface area contributed by atoms with Crippen molar-refractivity contribution in [2.45, 2.75) is 31.0 Å². The van der Waals surface area contributed by atoms with Crippen LogP contribution in [0.3, 0.4) is 0 Å². The number of hydrogen-bond acceptors (Lipinski definition) is 5. The largest absolute Gasteiger partial charge is 0.387 e. The summed E-state index contributed by atoms with van der Waals surface area (Å²) in [5.74, 6) is 0. The van der Waals surface area contributed by atoms with E-state index >= 15 is 0 Å². The smallest absolute Gasteiger partial charge is 0.335 e. The van der Waals surface area contributed by atoms with E-state index < -0.39 is 32.4 Å². The molecule has 1 aliphatic rings. The van der Waals surface area contributed by atoms with Crippen LogP contribution < -0.4 is 0 Å². The Balaban J connectivity index is 2.40. The number of aliphatic hydroxyl groups excluding tert-OH is 3. The quantitative estimate of drug-likeness (QED) is 0.533. The van der Waals surface area contributed by atoms with Crippen LogP contribution in [0, 0.1) is 0 Å². The van der Waals surface area contributed by atoms with Gasteiger partial charge in [-0.05, 0) is 0 Å². The van der Waals surface area contributed by atoms with Crippen LogP contribution in [-0.4, -0.2) is 52.7 Å². The predicted molar refractivity (Wildman–Crippen MR) is 45.9 cm³/mol. The molecule has 0 saturated carbocycles. The van der Waals surface area contributed by atoms with Gasteiger partial charge in [0.25, 0.3) is 0 Å². The fourth-order valence-electron chi connectivity index (χ4n) is 1.28. The molecule has 0 spiro atoms. The zero-order chi connectivity index (χ0) is 10.0. The summed E-state index contributed by atoms with van der Waals surface area (Å²) in [7, 11) is -1.27. The van der Waals surface area contributed by atoms with Gasteiger partial charge in [-0.15, -0.1) is 0 Å². The topological polar surface area (TPSA) is 87.0 Å². The molecule has 0 aliphatic carbocycles. The van der Waals surface area contributed by atoms with Crippen LogP contribution in [0.1, 0.15) is 6.42 Å². The Kier molecular flexibility index (Phi) is 3.76. The lowest BCUT2D eigenvalue weighted by molar-refractivity contribution is -0.127. The SMILES string of the molecule is C[P+](=O)CC[C@H]1O[C@@H](O)[C@H](O)[C@@H]1O. The van der Waals surface area contributed by atoms with Crippen LogP contribution in [-0.2, 0) is 9.30 Å². The summed E-state index contributed by atoms with van der Waals surface area (Å²) in [6.45, 7) is 1.59. The molecule has 0 radical (unpaired) electrons. The first kappa shape index (κ1) is 11.0. The Bertz CT molecular complexity index is 197. The first-order chi connectivity index (χ1) is 6.02.